The summed E-state index contributed by atoms with van der Waals surface area (Å²) >= 11 is 0. The molecule has 3 aliphatic carbocycles. The van der Waals surface area contributed by atoms with Crippen LogP contribution in [0.5, 0.6) is 0 Å². The third-order valence-corrected chi connectivity index (χ3v) is 2.96. The van der Waals surface area contributed by atoms with Gasteiger partial charge >= 0.3 is 0 Å². The maximum atomic E-state index is 9.50. The molecule has 52 valence electrons. The van der Waals surface area contributed by atoms with Crippen molar-refractivity contribution in [2.45, 2.75) is 31.3 Å². The Morgan fingerprint density at radius 2 is 2.00 bits per heavy atom. The Morgan fingerprint density at radius 3 is 2.22 bits per heavy atom. The summed E-state index contributed by atoms with van der Waals surface area (Å²) in [4.78, 5) is 0. The molecule has 0 spiro atoms. The number of rotatable bonds is 1. The molecule has 2 heteroatoms. The minimum Gasteiger partial charge on any atom is -0.390 e. The zero-order valence-corrected chi connectivity index (χ0v) is 5.56. The van der Waals surface area contributed by atoms with Crippen molar-refractivity contribution in [1.29, 1.82) is 0 Å². The Labute approximate surface area is 55.1 Å². The van der Waals surface area contributed by atoms with Crippen molar-refractivity contribution in [3.63, 3.8) is 0 Å². The van der Waals surface area contributed by atoms with Crippen LogP contribution in [0.15, 0.2) is 0 Å². The minimum absolute atomic E-state index is 0.278. The average Bonchev–Trinajstić information content (AvgIpc) is 2.20. The summed E-state index contributed by atoms with van der Waals surface area (Å²) in [6.45, 7) is 0.773. The summed E-state index contributed by atoms with van der Waals surface area (Å²) in [5.74, 6) is 0. The van der Waals surface area contributed by atoms with E-state index in [0.717, 1.165) is 32.2 Å². The first kappa shape index (κ1) is 5.69. The van der Waals surface area contributed by atoms with E-state index in [4.69, 9.17) is 5.73 Å². The Kier molecular flexibility index (Phi) is 0.837. The molecule has 0 aromatic heterocycles. The third-order valence-electron chi connectivity index (χ3n) is 2.96. The predicted octanol–water partition coefficient (Wildman–Crippen LogP) is 0.250. The van der Waals surface area contributed by atoms with Crippen molar-refractivity contribution >= 4 is 0 Å². The molecular formula is C7H13NO. The van der Waals surface area contributed by atoms with E-state index in [2.05, 4.69) is 0 Å². The van der Waals surface area contributed by atoms with E-state index >= 15 is 0 Å². The first-order chi connectivity index (χ1) is 4.18. The Balaban J connectivity index is 2.12. The lowest BCUT2D eigenvalue weighted by Gasteiger charge is -2.43. The first-order valence-electron chi connectivity index (χ1n) is 3.61. The number of hydrogen-bond donors (Lipinski definition) is 2. The maximum absolute atomic E-state index is 9.50. The number of hydrogen-bond acceptors (Lipinski definition) is 2. The highest BCUT2D eigenvalue weighted by Crippen LogP contribution is 2.60. The third kappa shape index (κ3) is 0.578. The fraction of sp³-hybridized carbons (Fsp3) is 1.00. The SMILES string of the molecule is NCC12CCC(O)(C1)C2. The zero-order valence-electron chi connectivity index (χ0n) is 5.56. The topological polar surface area (TPSA) is 46.2 Å². The van der Waals surface area contributed by atoms with Gasteiger partial charge in [-0.2, -0.15) is 0 Å². The standard InChI is InChI=1S/C7H13NO/c8-5-6-1-2-7(9,3-6)4-6/h9H,1-5,8H2. The lowest BCUT2D eigenvalue weighted by atomic mass is 9.67. The lowest BCUT2D eigenvalue weighted by molar-refractivity contribution is -0.0621. The van der Waals surface area contributed by atoms with Crippen LogP contribution in [-0.4, -0.2) is 17.3 Å². The van der Waals surface area contributed by atoms with Crippen LogP contribution in [0.4, 0.5) is 0 Å². The van der Waals surface area contributed by atoms with E-state index in [1.807, 2.05) is 0 Å². The van der Waals surface area contributed by atoms with E-state index in [1.54, 1.807) is 0 Å². The molecule has 0 saturated heterocycles. The molecule has 2 nitrogen and oxygen atoms in total. The number of fused-ring (bicyclic) bond motifs is 1. The van der Waals surface area contributed by atoms with Gasteiger partial charge in [-0.3, -0.25) is 0 Å². The summed E-state index contributed by atoms with van der Waals surface area (Å²) in [6.07, 6.45) is 4.08. The Hall–Kier alpha value is -0.0800. The molecule has 9 heavy (non-hydrogen) atoms. The molecule has 3 N–H and O–H groups in total. The molecule has 0 atom stereocenters. The van der Waals surface area contributed by atoms with E-state index in [-0.39, 0.29) is 5.60 Å². The molecule has 0 radical (unpaired) electrons. The van der Waals surface area contributed by atoms with Crippen molar-refractivity contribution in [1.82, 2.24) is 0 Å². The zero-order chi connectivity index (χ0) is 6.54. The van der Waals surface area contributed by atoms with E-state index in [1.165, 1.54) is 0 Å². The van der Waals surface area contributed by atoms with Gasteiger partial charge in [0.2, 0.25) is 0 Å². The largest absolute Gasteiger partial charge is 0.390 e. The molecule has 0 aromatic rings. The van der Waals surface area contributed by atoms with Gasteiger partial charge in [0.25, 0.3) is 0 Å². The second kappa shape index (κ2) is 1.32. The van der Waals surface area contributed by atoms with Crippen molar-refractivity contribution in [2.24, 2.45) is 11.1 Å². The molecular weight excluding hydrogens is 114 g/mol. The minimum atomic E-state index is -0.278. The van der Waals surface area contributed by atoms with Gasteiger partial charge in [0.05, 0.1) is 5.60 Å². The molecule has 3 rings (SSSR count). The second-order valence-corrected chi connectivity index (χ2v) is 3.78. The lowest BCUT2D eigenvalue weighted by Crippen LogP contribution is -2.46. The Bertz CT molecular complexity index is 138. The summed E-state index contributed by atoms with van der Waals surface area (Å²) in [6, 6.07) is 0. The molecule has 0 aromatic carbocycles. The van der Waals surface area contributed by atoms with Gasteiger partial charge in [-0.1, -0.05) is 0 Å². The molecule has 3 aliphatic rings. The molecule has 0 aliphatic heterocycles. The fourth-order valence-electron chi connectivity index (χ4n) is 2.44. The first-order valence-corrected chi connectivity index (χ1v) is 3.61. The normalized spacial score (nSPS) is 55.3. The number of aliphatic hydroxyl groups is 1. The Morgan fingerprint density at radius 1 is 1.33 bits per heavy atom. The molecule has 0 heterocycles. The van der Waals surface area contributed by atoms with Gasteiger partial charge in [0.1, 0.15) is 0 Å². The quantitative estimate of drug-likeness (QED) is 0.530. The molecule has 0 amide bonds. The van der Waals surface area contributed by atoms with Crippen molar-refractivity contribution in [3.8, 4) is 0 Å². The van der Waals surface area contributed by atoms with Crippen molar-refractivity contribution in [2.75, 3.05) is 6.54 Å². The van der Waals surface area contributed by atoms with Crippen LogP contribution in [0.25, 0.3) is 0 Å². The van der Waals surface area contributed by atoms with Crippen LogP contribution in [-0.2, 0) is 0 Å². The molecule has 2 bridgehead atoms. The van der Waals surface area contributed by atoms with Crippen LogP contribution in [0.1, 0.15) is 25.7 Å². The maximum Gasteiger partial charge on any atom is 0.0659 e. The van der Waals surface area contributed by atoms with Gasteiger partial charge in [-0.15, -0.1) is 0 Å². The van der Waals surface area contributed by atoms with Gasteiger partial charge in [0.15, 0.2) is 0 Å². The average molecular weight is 127 g/mol. The van der Waals surface area contributed by atoms with Gasteiger partial charge in [-0.25, -0.2) is 0 Å². The van der Waals surface area contributed by atoms with Crippen molar-refractivity contribution < 1.29 is 5.11 Å². The fourth-order valence-corrected chi connectivity index (χ4v) is 2.44. The van der Waals surface area contributed by atoms with Gasteiger partial charge in [-0.05, 0) is 37.6 Å². The van der Waals surface area contributed by atoms with Crippen molar-refractivity contribution in [3.05, 3.63) is 0 Å². The highest BCUT2D eigenvalue weighted by atomic mass is 16.3. The van der Waals surface area contributed by atoms with Crippen LogP contribution in [0, 0.1) is 5.41 Å². The van der Waals surface area contributed by atoms with E-state index in [0.29, 0.717) is 5.41 Å². The monoisotopic (exact) mass is 127 g/mol. The smallest absolute Gasteiger partial charge is 0.0659 e. The van der Waals surface area contributed by atoms with Crippen LogP contribution in [0.3, 0.4) is 0 Å². The van der Waals surface area contributed by atoms with Gasteiger partial charge < -0.3 is 10.8 Å². The van der Waals surface area contributed by atoms with Crippen LogP contribution >= 0.6 is 0 Å². The highest BCUT2D eigenvalue weighted by molar-refractivity contribution is 5.11. The molecule has 3 fully saturated rings. The number of nitrogens with two attached hydrogens (primary N) is 1. The summed E-state index contributed by atoms with van der Waals surface area (Å²) in [5.41, 5.74) is 5.65. The van der Waals surface area contributed by atoms with Crippen LogP contribution in [0.2, 0.25) is 0 Å². The molecule has 3 saturated carbocycles. The second-order valence-electron chi connectivity index (χ2n) is 3.78. The van der Waals surface area contributed by atoms with E-state index < -0.39 is 0 Å². The van der Waals surface area contributed by atoms with E-state index in [9.17, 15) is 5.11 Å². The van der Waals surface area contributed by atoms with Crippen LogP contribution < -0.4 is 5.73 Å². The summed E-state index contributed by atoms with van der Waals surface area (Å²) < 4.78 is 0. The molecule has 0 unspecified atom stereocenters. The summed E-state index contributed by atoms with van der Waals surface area (Å²) in [5, 5.41) is 9.50. The predicted molar refractivity (Wildman–Crippen MR) is 34.9 cm³/mol. The van der Waals surface area contributed by atoms with Gasteiger partial charge in [0, 0.05) is 0 Å². The summed E-state index contributed by atoms with van der Waals surface area (Å²) in [7, 11) is 0. The highest BCUT2D eigenvalue weighted by Gasteiger charge is 2.58.